The molecule has 1 aliphatic heterocycles. The summed E-state index contributed by atoms with van der Waals surface area (Å²) in [6, 6.07) is 0. The monoisotopic (exact) mass is 400 g/mol. The van der Waals surface area contributed by atoms with Gasteiger partial charge in [0.25, 0.3) is 0 Å². The molecule has 28 heavy (non-hydrogen) atoms. The predicted octanol–water partition coefficient (Wildman–Crippen LogP) is 4.64. The van der Waals surface area contributed by atoms with Gasteiger partial charge in [0, 0.05) is 0 Å². The summed E-state index contributed by atoms with van der Waals surface area (Å²) in [5, 5.41) is 0. The second-order valence-corrected chi connectivity index (χ2v) is 8.50. The van der Waals surface area contributed by atoms with Crippen LogP contribution in [0.4, 0.5) is 0 Å². The number of hydrogen-bond acceptors (Lipinski definition) is 6. The Bertz CT molecular complexity index is 466. The van der Waals surface area contributed by atoms with Gasteiger partial charge in [0.1, 0.15) is 12.7 Å². The Hall–Kier alpha value is -1.14. The molecule has 0 N–H and O–H groups in total. The van der Waals surface area contributed by atoms with Crippen LogP contribution in [-0.4, -0.2) is 43.7 Å². The van der Waals surface area contributed by atoms with Crippen molar-refractivity contribution in [3.63, 3.8) is 0 Å². The summed E-state index contributed by atoms with van der Waals surface area (Å²) >= 11 is 0. The quantitative estimate of drug-likeness (QED) is 0.319. The van der Waals surface area contributed by atoms with Crippen molar-refractivity contribution in [1.29, 1.82) is 0 Å². The molecule has 164 valence electrons. The van der Waals surface area contributed by atoms with Gasteiger partial charge in [-0.2, -0.15) is 0 Å². The third-order valence-corrected chi connectivity index (χ3v) is 5.47. The fourth-order valence-corrected chi connectivity index (χ4v) is 2.60. The van der Waals surface area contributed by atoms with Crippen LogP contribution >= 0.6 is 0 Å². The molecule has 1 saturated heterocycles. The molecule has 0 spiro atoms. The summed E-state index contributed by atoms with van der Waals surface area (Å²) in [7, 11) is 0. The highest BCUT2D eigenvalue weighted by Crippen LogP contribution is 2.25. The summed E-state index contributed by atoms with van der Waals surface area (Å²) in [5.74, 6) is -0.250. The minimum atomic E-state index is -0.420. The fraction of sp³-hybridized carbons (Fsp3) is 0.909. The zero-order chi connectivity index (χ0) is 21.2. The molecule has 6 nitrogen and oxygen atoms in total. The molecule has 0 aromatic rings. The maximum absolute atomic E-state index is 11.8. The van der Waals surface area contributed by atoms with Crippen LogP contribution < -0.4 is 0 Å². The maximum Gasteiger partial charge on any atom is 0.313 e. The summed E-state index contributed by atoms with van der Waals surface area (Å²) in [5.41, 5.74) is -0.413. The first-order chi connectivity index (χ1) is 13.2. The lowest BCUT2D eigenvalue weighted by molar-refractivity contribution is -0.196. The van der Waals surface area contributed by atoms with E-state index in [0.29, 0.717) is 6.61 Å². The van der Waals surface area contributed by atoms with Crippen molar-refractivity contribution in [2.75, 3.05) is 13.2 Å². The van der Waals surface area contributed by atoms with Crippen LogP contribution in [0, 0.1) is 11.3 Å². The molecule has 0 bridgehead atoms. The zero-order valence-electron chi connectivity index (χ0n) is 18.6. The highest BCUT2D eigenvalue weighted by molar-refractivity contribution is 5.75. The van der Waals surface area contributed by atoms with E-state index in [0.717, 1.165) is 32.3 Å². The van der Waals surface area contributed by atoms with Gasteiger partial charge in [-0.05, 0) is 46.5 Å². The molecule has 6 heteroatoms. The molecular weight excluding hydrogens is 360 g/mol. The first kappa shape index (κ1) is 24.9. The molecule has 1 aliphatic carbocycles. The Kier molecular flexibility index (Phi) is 11.1. The van der Waals surface area contributed by atoms with Crippen LogP contribution in [-0.2, 0) is 28.5 Å². The van der Waals surface area contributed by atoms with Crippen LogP contribution in [0.25, 0.3) is 0 Å². The molecule has 0 amide bonds. The Morgan fingerprint density at radius 1 is 1.11 bits per heavy atom. The number of esters is 2. The zero-order valence-corrected chi connectivity index (χ0v) is 18.6. The lowest BCUT2D eigenvalue weighted by atomic mass is 9.91. The molecule has 2 rings (SSSR count). The number of epoxide rings is 1. The minimum absolute atomic E-state index is 0.0220. The Balaban J connectivity index is 0.000000307. The van der Waals surface area contributed by atoms with Crippen molar-refractivity contribution >= 4 is 11.9 Å². The number of carbonyl (C=O) groups excluding carboxylic acids is 2. The molecule has 0 aromatic heterocycles. The van der Waals surface area contributed by atoms with E-state index in [1.165, 1.54) is 19.3 Å². The summed E-state index contributed by atoms with van der Waals surface area (Å²) in [6.45, 7) is 12.6. The highest BCUT2D eigenvalue weighted by atomic mass is 16.7. The van der Waals surface area contributed by atoms with Gasteiger partial charge < -0.3 is 18.9 Å². The van der Waals surface area contributed by atoms with Crippen molar-refractivity contribution in [3.05, 3.63) is 0 Å². The maximum atomic E-state index is 11.8. The third kappa shape index (κ3) is 9.87. The van der Waals surface area contributed by atoms with Gasteiger partial charge in [-0.1, -0.05) is 40.0 Å². The van der Waals surface area contributed by atoms with Crippen LogP contribution in [0.1, 0.15) is 86.5 Å². The van der Waals surface area contributed by atoms with Crippen LogP contribution in [0.5, 0.6) is 0 Å². The van der Waals surface area contributed by atoms with Crippen LogP contribution in [0.3, 0.4) is 0 Å². The number of rotatable bonds is 9. The van der Waals surface area contributed by atoms with Gasteiger partial charge in [0.05, 0.1) is 24.0 Å². The summed E-state index contributed by atoms with van der Waals surface area (Å²) in [6.07, 6.45) is 7.61. The van der Waals surface area contributed by atoms with Gasteiger partial charge >= 0.3 is 11.9 Å². The normalized spacial score (nSPS) is 21.7. The SMILES string of the molecule is CCC(C)(C)C(=O)OC(C)OC1CCCCC1.CCC(C)C(=O)OCC1CO1. The van der Waals surface area contributed by atoms with E-state index in [1.807, 2.05) is 41.5 Å². The molecule has 1 heterocycles. The first-order valence-corrected chi connectivity index (χ1v) is 10.8. The molecule has 1 saturated carbocycles. The Labute approximate surface area is 170 Å². The smallest absolute Gasteiger partial charge is 0.313 e. The molecule has 3 atom stereocenters. The van der Waals surface area contributed by atoms with Crippen molar-refractivity contribution in [2.45, 2.75) is 105 Å². The molecule has 3 unspecified atom stereocenters. The van der Waals surface area contributed by atoms with E-state index in [9.17, 15) is 9.59 Å². The lowest BCUT2D eigenvalue weighted by Gasteiger charge is -2.28. The average molecular weight is 401 g/mol. The van der Waals surface area contributed by atoms with E-state index < -0.39 is 11.7 Å². The first-order valence-electron chi connectivity index (χ1n) is 10.8. The van der Waals surface area contributed by atoms with Gasteiger partial charge in [-0.25, -0.2) is 0 Å². The highest BCUT2D eigenvalue weighted by Gasteiger charge is 2.29. The molecule has 2 aliphatic rings. The van der Waals surface area contributed by atoms with E-state index >= 15 is 0 Å². The second-order valence-electron chi connectivity index (χ2n) is 8.50. The van der Waals surface area contributed by atoms with Gasteiger partial charge in [0.2, 0.25) is 0 Å². The van der Waals surface area contributed by atoms with E-state index in [2.05, 4.69) is 0 Å². The Morgan fingerprint density at radius 2 is 1.71 bits per heavy atom. The molecular formula is C22H40O6. The van der Waals surface area contributed by atoms with Crippen molar-refractivity contribution in [2.24, 2.45) is 11.3 Å². The van der Waals surface area contributed by atoms with Crippen LogP contribution in [0.15, 0.2) is 0 Å². The van der Waals surface area contributed by atoms with Gasteiger partial charge in [0.15, 0.2) is 6.29 Å². The molecule has 0 aromatic carbocycles. The number of carbonyl (C=O) groups is 2. The van der Waals surface area contributed by atoms with E-state index in [-0.39, 0.29) is 30.1 Å². The molecule has 0 radical (unpaired) electrons. The fourth-order valence-electron chi connectivity index (χ4n) is 2.60. The van der Waals surface area contributed by atoms with Crippen molar-refractivity contribution < 1.29 is 28.5 Å². The van der Waals surface area contributed by atoms with Crippen LogP contribution in [0.2, 0.25) is 0 Å². The second kappa shape index (κ2) is 12.4. The van der Waals surface area contributed by atoms with E-state index in [4.69, 9.17) is 18.9 Å². The minimum Gasteiger partial charge on any atom is -0.463 e. The third-order valence-electron chi connectivity index (χ3n) is 5.47. The average Bonchev–Trinajstić information content (AvgIpc) is 3.51. The van der Waals surface area contributed by atoms with Crippen molar-refractivity contribution in [1.82, 2.24) is 0 Å². The summed E-state index contributed by atoms with van der Waals surface area (Å²) in [4.78, 5) is 22.9. The predicted molar refractivity (Wildman–Crippen MR) is 108 cm³/mol. The van der Waals surface area contributed by atoms with E-state index in [1.54, 1.807) is 0 Å². The Morgan fingerprint density at radius 3 is 2.21 bits per heavy atom. The molecule has 2 fully saturated rings. The van der Waals surface area contributed by atoms with Gasteiger partial charge in [-0.15, -0.1) is 0 Å². The van der Waals surface area contributed by atoms with Crippen molar-refractivity contribution in [3.8, 4) is 0 Å². The lowest BCUT2D eigenvalue weighted by Crippen LogP contribution is -2.32. The standard InChI is InChI=1S/C14H26O3.C8H14O3/c1-5-14(3,4)13(15)17-11(2)16-12-9-7-6-8-10-12;1-3-6(2)8(9)11-5-7-4-10-7/h11-12H,5-10H2,1-4H3;6-7H,3-5H2,1-2H3. The van der Waals surface area contributed by atoms with Gasteiger partial charge in [-0.3, -0.25) is 9.59 Å². The topological polar surface area (TPSA) is 74.4 Å². The number of hydrogen-bond donors (Lipinski definition) is 0. The largest absolute Gasteiger partial charge is 0.463 e. The number of ether oxygens (including phenoxy) is 4. The summed E-state index contributed by atoms with van der Waals surface area (Å²) < 4.78 is 21.0.